The average Bonchev–Trinajstić information content (AvgIpc) is 3.01. The highest BCUT2D eigenvalue weighted by atomic mass is 32.1. The van der Waals surface area contributed by atoms with Crippen molar-refractivity contribution >= 4 is 22.6 Å². The van der Waals surface area contributed by atoms with Crippen LogP contribution < -0.4 is 10.6 Å². The van der Waals surface area contributed by atoms with E-state index >= 15 is 0 Å². The van der Waals surface area contributed by atoms with E-state index in [-0.39, 0.29) is 5.91 Å². The molecule has 1 aliphatic rings. The maximum absolute atomic E-state index is 12.5. The molecule has 2 N–H and O–H groups in total. The number of hydrogen-bond donors (Lipinski definition) is 1. The van der Waals surface area contributed by atoms with Gasteiger partial charge in [-0.2, -0.15) is 4.37 Å². The van der Waals surface area contributed by atoms with E-state index in [2.05, 4.69) is 14.3 Å². The van der Waals surface area contributed by atoms with Crippen LogP contribution >= 0.6 is 11.5 Å². The van der Waals surface area contributed by atoms with Crippen LogP contribution in [0.5, 0.6) is 0 Å². The van der Waals surface area contributed by atoms with Crippen molar-refractivity contribution in [3.8, 4) is 0 Å². The summed E-state index contributed by atoms with van der Waals surface area (Å²) in [5.74, 6) is 0.781. The molecule has 0 radical (unpaired) electrons. The number of aromatic nitrogens is 2. The van der Waals surface area contributed by atoms with Gasteiger partial charge in [0.15, 0.2) is 0 Å². The Balaban J connectivity index is 1.60. The molecule has 0 saturated carbocycles. The van der Waals surface area contributed by atoms with Gasteiger partial charge in [0, 0.05) is 37.7 Å². The molecule has 22 heavy (non-hydrogen) atoms. The zero-order chi connectivity index (χ0) is 15.5. The summed E-state index contributed by atoms with van der Waals surface area (Å²) >= 11 is 1.41. The van der Waals surface area contributed by atoms with E-state index in [1.807, 2.05) is 42.2 Å². The highest BCUT2D eigenvalue weighted by Gasteiger charge is 2.27. The molecular weight excluding hydrogens is 298 g/mol. The first-order valence-electron chi connectivity index (χ1n) is 7.30. The molecular formula is C15H19N5OS. The van der Waals surface area contributed by atoms with Gasteiger partial charge in [-0.3, -0.25) is 4.79 Å². The number of amides is 1. The Morgan fingerprint density at radius 1 is 1.23 bits per heavy atom. The van der Waals surface area contributed by atoms with Crippen LogP contribution in [0.4, 0.5) is 5.13 Å². The number of aryl methyl sites for hydroxylation is 1. The number of carbonyl (C=O) groups excluding carboxylic acids is 1. The lowest BCUT2D eigenvalue weighted by Gasteiger charge is -2.35. The highest BCUT2D eigenvalue weighted by molar-refractivity contribution is 7.09. The van der Waals surface area contributed by atoms with Gasteiger partial charge in [-0.05, 0) is 12.5 Å². The smallest absolute Gasteiger partial charge is 0.244 e. The second-order valence-corrected chi connectivity index (χ2v) is 6.06. The summed E-state index contributed by atoms with van der Waals surface area (Å²) in [5, 5.41) is 0.928. The third-order valence-corrected chi connectivity index (χ3v) is 4.67. The molecule has 1 aromatic heterocycles. The minimum Gasteiger partial charge on any atom is -0.343 e. The second kappa shape index (κ2) is 6.41. The fourth-order valence-electron chi connectivity index (χ4n) is 2.53. The van der Waals surface area contributed by atoms with Crippen molar-refractivity contribution in [2.24, 2.45) is 5.73 Å². The summed E-state index contributed by atoms with van der Waals surface area (Å²) in [6.45, 7) is 4.75. The maximum atomic E-state index is 12.5. The quantitative estimate of drug-likeness (QED) is 0.920. The molecule has 116 valence electrons. The van der Waals surface area contributed by atoms with Gasteiger partial charge < -0.3 is 15.5 Å². The van der Waals surface area contributed by atoms with Crippen LogP contribution in [0.1, 0.15) is 17.4 Å². The number of nitrogens with two attached hydrogens (primary N) is 1. The van der Waals surface area contributed by atoms with E-state index in [0.29, 0.717) is 13.1 Å². The molecule has 1 saturated heterocycles. The van der Waals surface area contributed by atoms with Crippen LogP contribution in [0.3, 0.4) is 0 Å². The van der Waals surface area contributed by atoms with E-state index in [0.717, 1.165) is 29.6 Å². The van der Waals surface area contributed by atoms with E-state index in [4.69, 9.17) is 5.73 Å². The molecule has 2 heterocycles. The van der Waals surface area contributed by atoms with Crippen molar-refractivity contribution in [2.45, 2.75) is 13.0 Å². The van der Waals surface area contributed by atoms with Gasteiger partial charge in [-0.25, -0.2) is 4.98 Å². The zero-order valence-corrected chi connectivity index (χ0v) is 13.3. The van der Waals surface area contributed by atoms with Crippen molar-refractivity contribution in [3.05, 3.63) is 41.7 Å². The predicted octanol–water partition coefficient (Wildman–Crippen LogP) is 1.20. The number of benzene rings is 1. The monoisotopic (exact) mass is 317 g/mol. The van der Waals surface area contributed by atoms with E-state index in [9.17, 15) is 4.79 Å². The molecule has 7 heteroatoms. The van der Waals surface area contributed by atoms with E-state index < -0.39 is 6.04 Å². The number of piperazine rings is 1. The first kappa shape index (κ1) is 14.9. The number of carbonyl (C=O) groups is 1. The van der Waals surface area contributed by atoms with Gasteiger partial charge >= 0.3 is 0 Å². The van der Waals surface area contributed by atoms with Gasteiger partial charge in [-0.1, -0.05) is 30.3 Å². The van der Waals surface area contributed by atoms with Crippen LogP contribution in [-0.2, 0) is 4.79 Å². The van der Waals surface area contributed by atoms with Crippen molar-refractivity contribution in [1.82, 2.24) is 14.3 Å². The molecule has 0 aliphatic carbocycles. The van der Waals surface area contributed by atoms with Gasteiger partial charge in [0.25, 0.3) is 0 Å². The highest BCUT2D eigenvalue weighted by Crippen LogP contribution is 2.20. The third kappa shape index (κ3) is 3.10. The largest absolute Gasteiger partial charge is 0.343 e. The van der Waals surface area contributed by atoms with Crippen molar-refractivity contribution in [2.75, 3.05) is 31.1 Å². The fraction of sp³-hybridized carbons (Fsp3) is 0.400. The van der Waals surface area contributed by atoms with Crippen molar-refractivity contribution < 1.29 is 4.79 Å². The van der Waals surface area contributed by atoms with Gasteiger partial charge in [0.1, 0.15) is 11.9 Å². The molecule has 1 unspecified atom stereocenters. The SMILES string of the molecule is Cc1nsc(N2CCN(C(=O)C(N)c3ccccc3)CC2)n1. The first-order valence-corrected chi connectivity index (χ1v) is 8.07. The molecule has 1 fully saturated rings. The summed E-state index contributed by atoms with van der Waals surface area (Å²) in [6, 6.07) is 8.92. The molecule has 1 atom stereocenters. The van der Waals surface area contributed by atoms with E-state index in [1.165, 1.54) is 11.5 Å². The second-order valence-electron chi connectivity index (χ2n) is 5.32. The van der Waals surface area contributed by atoms with Crippen LogP contribution in [0.2, 0.25) is 0 Å². The molecule has 1 aromatic carbocycles. The van der Waals surface area contributed by atoms with Gasteiger partial charge in [0.05, 0.1) is 0 Å². The lowest BCUT2D eigenvalue weighted by molar-refractivity contribution is -0.133. The third-order valence-electron chi connectivity index (χ3n) is 3.80. The predicted molar refractivity (Wildman–Crippen MR) is 86.8 cm³/mol. The zero-order valence-electron chi connectivity index (χ0n) is 12.5. The Hall–Kier alpha value is -1.99. The average molecular weight is 317 g/mol. The Bertz CT molecular complexity index is 636. The lowest BCUT2D eigenvalue weighted by Crippen LogP contribution is -2.51. The first-order chi connectivity index (χ1) is 10.6. The number of hydrogen-bond acceptors (Lipinski definition) is 6. The standard InChI is InChI=1S/C15H19N5OS/c1-11-17-15(22-18-11)20-9-7-19(8-10-20)14(21)13(16)12-5-3-2-4-6-12/h2-6,13H,7-10,16H2,1H3. The Morgan fingerprint density at radius 2 is 1.91 bits per heavy atom. The Morgan fingerprint density at radius 3 is 2.50 bits per heavy atom. The number of rotatable bonds is 3. The van der Waals surface area contributed by atoms with Crippen LogP contribution in [0.25, 0.3) is 0 Å². The topological polar surface area (TPSA) is 75.4 Å². The minimum atomic E-state index is -0.587. The molecule has 1 amide bonds. The van der Waals surface area contributed by atoms with E-state index in [1.54, 1.807) is 0 Å². The summed E-state index contributed by atoms with van der Waals surface area (Å²) in [7, 11) is 0. The summed E-state index contributed by atoms with van der Waals surface area (Å²) in [6.07, 6.45) is 0. The Labute approximate surface area is 133 Å². The number of anilines is 1. The lowest BCUT2D eigenvalue weighted by atomic mass is 10.1. The maximum Gasteiger partial charge on any atom is 0.244 e. The molecule has 0 spiro atoms. The van der Waals surface area contributed by atoms with Crippen molar-refractivity contribution in [3.63, 3.8) is 0 Å². The molecule has 0 bridgehead atoms. The minimum absolute atomic E-state index is 0.0145. The number of nitrogens with zero attached hydrogens (tertiary/aromatic N) is 4. The van der Waals surface area contributed by atoms with Gasteiger partial charge in [-0.15, -0.1) is 0 Å². The molecule has 6 nitrogen and oxygen atoms in total. The van der Waals surface area contributed by atoms with Crippen LogP contribution in [0, 0.1) is 6.92 Å². The van der Waals surface area contributed by atoms with Crippen LogP contribution in [-0.4, -0.2) is 46.3 Å². The van der Waals surface area contributed by atoms with Crippen molar-refractivity contribution in [1.29, 1.82) is 0 Å². The summed E-state index contributed by atoms with van der Waals surface area (Å²) < 4.78 is 4.20. The molecule has 1 aliphatic heterocycles. The molecule has 3 rings (SSSR count). The van der Waals surface area contributed by atoms with Gasteiger partial charge in [0.2, 0.25) is 11.0 Å². The normalized spacial score (nSPS) is 16.6. The summed E-state index contributed by atoms with van der Waals surface area (Å²) in [5.41, 5.74) is 6.95. The summed E-state index contributed by atoms with van der Waals surface area (Å²) in [4.78, 5) is 20.9. The van der Waals surface area contributed by atoms with Crippen LogP contribution in [0.15, 0.2) is 30.3 Å². The Kier molecular flexibility index (Phi) is 4.35. The molecule has 2 aromatic rings. The fourth-order valence-corrected chi connectivity index (χ4v) is 3.26.